The van der Waals surface area contributed by atoms with Gasteiger partial charge in [-0.3, -0.25) is 4.90 Å². The van der Waals surface area contributed by atoms with Crippen LogP contribution in [0.2, 0.25) is 0 Å². The SMILES string of the molecule is C=C([C@@H](CCC)N(CC)C(C)C)N(C)C1CCN(C)CC1. The second-order valence-corrected chi connectivity index (χ2v) is 6.87. The van der Waals surface area contributed by atoms with E-state index < -0.39 is 0 Å². The Labute approximate surface area is 133 Å². The van der Waals surface area contributed by atoms with E-state index >= 15 is 0 Å². The van der Waals surface area contributed by atoms with Crippen molar-refractivity contribution < 1.29 is 0 Å². The standard InChI is InChI=1S/C18H37N3/c1-8-10-18(21(9-2)15(3)4)16(5)20(7)17-11-13-19(6)14-12-17/h15,17-18H,5,8-14H2,1-4,6-7H3/t18-/m1/s1. The first-order valence-electron chi connectivity index (χ1n) is 8.78. The van der Waals surface area contributed by atoms with Gasteiger partial charge in [-0.1, -0.05) is 26.8 Å². The van der Waals surface area contributed by atoms with Gasteiger partial charge in [0.25, 0.3) is 0 Å². The van der Waals surface area contributed by atoms with Crippen LogP contribution in [0.15, 0.2) is 12.3 Å². The van der Waals surface area contributed by atoms with Crippen molar-refractivity contribution in [3.05, 3.63) is 12.3 Å². The van der Waals surface area contributed by atoms with Crippen molar-refractivity contribution in [1.29, 1.82) is 0 Å². The van der Waals surface area contributed by atoms with Crippen molar-refractivity contribution in [1.82, 2.24) is 14.7 Å². The zero-order valence-corrected chi connectivity index (χ0v) is 15.2. The summed E-state index contributed by atoms with van der Waals surface area (Å²) in [6.45, 7) is 17.2. The van der Waals surface area contributed by atoms with Crippen LogP contribution >= 0.6 is 0 Å². The minimum absolute atomic E-state index is 0.490. The van der Waals surface area contributed by atoms with Crippen LogP contribution in [0.4, 0.5) is 0 Å². The van der Waals surface area contributed by atoms with Crippen LogP contribution in [0.5, 0.6) is 0 Å². The molecule has 1 rings (SSSR count). The lowest BCUT2D eigenvalue weighted by Crippen LogP contribution is -2.48. The molecule has 124 valence electrons. The lowest BCUT2D eigenvalue weighted by Gasteiger charge is -2.43. The van der Waals surface area contributed by atoms with Crippen molar-refractivity contribution in [3.8, 4) is 0 Å². The monoisotopic (exact) mass is 295 g/mol. The zero-order chi connectivity index (χ0) is 16.0. The highest BCUT2D eigenvalue weighted by Gasteiger charge is 2.28. The molecule has 1 fully saturated rings. The molecule has 0 N–H and O–H groups in total. The van der Waals surface area contributed by atoms with Gasteiger partial charge in [-0.2, -0.15) is 0 Å². The molecule has 0 aromatic heterocycles. The van der Waals surface area contributed by atoms with Gasteiger partial charge in [-0.25, -0.2) is 0 Å². The molecule has 1 saturated heterocycles. The lowest BCUT2D eigenvalue weighted by molar-refractivity contribution is 0.118. The molecule has 0 bridgehead atoms. The Morgan fingerprint density at radius 1 is 1.24 bits per heavy atom. The number of hydrogen-bond acceptors (Lipinski definition) is 3. The molecule has 1 aliphatic rings. The van der Waals surface area contributed by atoms with E-state index in [0.29, 0.717) is 18.1 Å². The fraction of sp³-hybridized carbons (Fsp3) is 0.889. The lowest BCUT2D eigenvalue weighted by atomic mass is 9.99. The van der Waals surface area contributed by atoms with Gasteiger partial charge >= 0.3 is 0 Å². The Hall–Kier alpha value is -0.540. The van der Waals surface area contributed by atoms with Gasteiger partial charge in [0.2, 0.25) is 0 Å². The molecule has 0 radical (unpaired) electrons. The normalized spacial score (nSPS) is 19.2. The largest absolute Gasteiger partial charge is 0.374 e. The van der Waals surface area contributed by atoms with E-state index in [4.69, 9.17) is 0 Å². The Balaban J connectivity index is 2.74. The van der Waals surface area contributed by atoms with Gasteiger partial charge < -0.3 is 9.80 Å². The number of piperidine rings is 1. The Morgan fingerprint density at radius 2 is 1.81 bits per heavy atom. The maximum Gasteiger partial charge on any atom is 0.0493 e. The second kappa shape index (κ2) is 8.79. The minimum atomic E-state index is 0.490. The number of nitrogens with zero attached hydrogens (tertiary/aromatic N) is 3. The van der Waals surface area contributed by atoms with Gasteiger partial charge in [-0.05, 0) is 59.8 Å². The molecule has 3 heteroatoms. The summed E-state index contributed by atoms with van der Waals surface area (Å²) in [4.78, 5) is 7.51. The van der Waals surface area contributed by atoms with Crippen LogP contribution in [0.1, 0.15) is 53.4 Å². The van der Waals surface area contributed by atoms with Gasteiger partial charge in [0.15, 0.2) is 0 Å². The summed E-state index contributed by atoms with van der Waals surface area (Å²) in [5.41, 5.74) is 1.32. The van der Waals surface area contributed by atoms with Crippen LogP contribution < -0.4 is 0 Å². The first-order chi connectivity index (χ1) is 9.92. The molecule has 0 unspecified atom stereocenters. The molecule has 1 atom stereocenters. The molecule has 1 heterocycles. The highest BCUT2D eigenvalue weighted by molar-refractivity contribution is 5.07. The van der Waals surface area contributed by atoms with E-state index in [-0.39, 0.29) is 0 Å². The molecule has 0 saturated carbocycles. The van der Waals surface area contributed by atoms with Crippen LogP contribution in [0.25, 0.3) is 0 Å². The number of likely N-dealkylation sites (N-methyl/N-ethyl adjacent to an activating group) is 2. The molecular formula is C18H37N3. The van der Waals surface area contributed by atoms with Crippen molar-refractivity contribution in [2.75, 3.05) is 33.7 Å². The quantitative estimate of drug-likeness (QED) is 0.679. The maximum atomic E-state index is 4.49. The molecule has 21 heavy (non-hydrogen) atoms. The summed E-state index contributed by atoms with van der Waals surface area (Å²) in [6, 6.07) is 1.73. The zero-order valence-electron chi connectivity index (χ0n) is 15.2. The fourth-order valence-corrected chi connectivity index (χ4v) is 3.59. The molecule has 1 aliphatic heterocycles. The van der Waals surface area contributed by atoms with Gasteiger partial charge in [0.1, 0.15) is 0 Å². The van der Waals surface area contributed by atoms with E-state index in [1.54, 1.807) is 0 Å². The molecule has 0 aliphatic carbocycles. The van der Waals surface area contributed by atoms with E-state index in [1.165, 1.54) is 44.5 Å². The molecular weight excluding hydrogens is 258 g/mol. The smallest absolute Gasteiger partial charge is 0.0493 e. The average molecular weight is 296 g/mol. The third-order valence-corrected chi connectivity index (χ3v) is 5.06. The number of likely N-dealkylation sites (tertiary alicyclic amines) is 1. The van der Waals surface area contributed by atoms with Crippen LogP contribution in [-0.2, 0) is 0 Å². The summed E-state index contributed by atoms with van der Waals surface area (Å²) in [6.07, 6.45) is 4.95. The predicted octanol–water partition coefficient (Wildman–Crippen LogP) is 3.43. The fourth-order valence-electron chi connectivity index (χ4n) is 3.59. The van der Waals surface area contributed by atoms with Crippen molar-refractivity contribution in [3.63, 3.8) is 0 Å². The Bertz CT molecular complexity index is 306. The average Bonchev–Trinajstić information content (AvgIpc) is 2.46. The molecule has 3 nitrogen and oxygen atoms in total. The first kappa shape index (κ1) is 18.5. The van der Waals surface area contributed by atoms with E-state index in [9.17, 15) is 0 Å². The summed E-state index contributed by atoms with van der Waals surface area (Å²) < 4.78 is 0. The van der Waals surface area contributed by atoms with E-state index in [2.05, 4.69) is 63.1 Å². The van der Waals surface area contributed by atoms with Gasteiger partial charge in [-0.15, -0.1) is 0 Å². The van der Waals surface area contributed by atoms with Crippen molar-refractivity contribution >= 4 is 0 Å². The minimum Gasteiger partial charge on any atom is -0.374 e. The van der Waals surface area contributed by atoms with Crippen LogP contribution in [0.3, 0.4) is 0 Å². The summed E-state index contributed by atoms with van der Waals surface area (Å²) in [5.74, 6) is 0. The van der Waals surface area contributed by atoms with E-state index in [0.717, 1.165) is 6.54 Å². The van der Waals surface area contributed by atoms with E-state index in [1.807, 2.05) is 0 Å². The van der Waals surface area contributed by atoms with Crippen molar-refractivity contribution in [2.24, 2.45) is 0 Å². The third-order valence-electron chi connectivity index (χ3n) is 5.06. The van der Waals surface area contributed by atoms with Gasteiger partial charge in [0.05, 0.1) is 0 Å². The third kappa shape index (κ3) is 5.00. The van der Waals surface area contributed by atoms with Gasteiger partial charge in [0, 0.05) is 30.9 Å². The maximum absolute atomic E-state index is 4.49. The first-order valence-corrected chi connectivity index (χ1v) is 8.78. The van der Waals surface area contributed by atoms with Crippen LogP contribution in [0, 0.1) is 0 Å². The molecule has 0 aromatic carbocycles. The summed E-state index contributed by atoms with van der Waals surface area (Å²) in [5, 5.41) is 0. The molecule has 0 aromatic rings. The Morgan fingerprint density at radius 3 is 2.24 bits per heavy atom. The molecule has 0 amide bonds. The summed E-state index contributed by atoms with van der Waals surface area (Å²) in [7, 11) is 4.48. The number of rotatable bonds is 8. The van der Waals surface area contributed by atoms with Crippen LogP contribution in [-0.4, -0.2) is 66.6 Å². The highest BCUT2D eigenvalue weighted by atomic mass is 15.3. The topological polar surface area (TPSA) is 9.72 Å². The Kier molecular flexibility index (Phi) is 7.75. The predicted molar refractivity (Wildman–Crippen MR) is 93.6 cm³/mol. The van der Waals surface area contributed by atoms with Crippen molar-refractivity contribution in [2.45, 2.75) is 71.5 Å². The summed E-state index contributed by atoms with van der Waals surface area (Å²) >= 11 is 0. The molecule has 0 spiro atoms. The second-order valence-electron chi connectivity index (χ2n) is 6.87. The highest BCUT2D eigenvalue weighted by Crippen LogP contribution is 2.24. The number of hydrogen-bond donors (Lipinski definition) is 0.